The Morgan fingerprint density at radius 3 is 2.20 bits per heavy atom. The number of rotatable bonds is 4. The highest BCUT2D eigenvalue weighted by Gasteiger charge is 2.08. The monoisotopic (exact) mass is 312 g/mol. The fourth-order valence-corrected chi connectivity index (χ4v) is 2.28. The van der Waals surface area contributed by atoms with Gasteiger partial charge in [-0.05, 0) is 29.8 Å². The molecule has 1 amide bonds. The van der Waals surface area contributed by atoms with E-state index in [4.69, 9.17) is 28.9 Å². The molecule has 0 atom stereocenters. The zero-order chi connectivity index (χ0) is 14.7. The molecule has 0 unspecified atom stereocenters. The molecule has 104 valence electrons. The van der Waals surface area contributed by atoms with Crippen LogP contribution in [0, 0.1) is 5.82 Å². The fraction of sp³-hybridized carbons (Fsp3) is 0.0714. The maximum Gasteiger partial charge on any atom is 0.248 e. The molecular weight excluding hydrogens is 302 g/mol. The smallest absolute Gasteiger partial charge is 0.248 e. The molecule has 2 rings (SSSR count). The van der Waals surface area contributed by atoms with Crippen LogP contribution in [0.2, 0.25) is 10.0 Å². The Hall–Kier alpha value is -1.78. The molecule has 2 aromatic rings. The van der Waals surface area contributed by atoms with Gasteiger partial charge in [0.15, 0.2) is 0 Å². The summed E-state index contributed by atoms with van der Waals surface area (Å²) < 4.78 is 13.1. The van der Waals surface area contributed by atoms with Gasteiger partial charge in [-0.2, -0.15) is 0 Å². The molecule has 2 aromatic carbocycles. The van der Waals surface area contributed by atoms with Gasteiger partial charge in [-0.1, -0.05) is 35.3 Å². The van der Waals surface area contributed by atoms with Crippen LogP contribution in [-0.2, 0) is 6.54 Å². The van der Waals surface area contributed by atoms with Gasteiger partial charge >= 0.3 is 0 Å². The Morgan fingerprint density at radius 1 is 1.15 bits per heavy atom. The number of halogens is 3. The van der Waals surface area contributed by atoms with Crippen molar-refractivity contribution in [3.05, 3.63) is 63.4 Å². The summed E-state index contributed by atoms with van der Waals surface area (Å²) in [6.07, 6.45) is 0. The van der Waals surface area contributed by atoms with E-state index in [9.17, 15) is 9.18 Å². The van der Waals surface area contributed by atoms with Crippen LogP contribution in [-0.4, -0.2) is 5.91 Å². The number of hydrogen-bond donors (Lipinski definition) is 2. The summed E-state index contributed by atoms with van der Waals surface area (Å²) in [4.78, 5) is 10.9. The molecule has 20 heavy (non-hydrogen) atoms. The second kappa shape index (κ2) is 6.11. The third-order valence-electron chi connectivity index (χ3n) is 2.71. The first kappa shape index (κ1) is 14.6. The lowest BCUT2D eigenvalue weighted by Gasteiger charge is -2.11. The van der Waals surface area contributed by atoms with Gasteiger partial charge in [0.2, 0.25) is 5.91 Å². The second-order valence-electron chi connectivity index (χ2n) is 4.16. The van der Waals surface area contributed by atoms with Gasteiger partial charge < -0.3 is 11.1 Å². The van der Waals surface area contributed by atoms with E-state index < -0.39 is 11.7 Å². The standard InChI is InChI=1S/C14H11Cl2FN2O/c15-11-5-10(17)6-12(16)13(11)19-7-8-1-3-9(4-2-8)14(18)20/h1-6,19H,7H2,(H2,18,20). The molecule has 0 saturated carbocycles. The third kappa shape index (κ3) is 3.40. The first-order valence-corrected chi connectivity index (χ1v) is 6.50. The lowest BCUT2D eigenvalue weighted by Crippen LogP contribution is -2.10. The predicted molar refractivity (Wildman–Crippen MR) is 78.7 cm³/mol. The van der Waals surface area contributed by atoms with Gasteiger partial charge in [-0.25, -0.2) is 4.39 Å². The minimum absolute atomic E-state index is 0.212. The van der Waals surface area contributed by atoms with Crippen LogP contribution in [0.1, 0.15) is 15.9 Å². The van der Waals surface area contributed by atoms with Crippen LogP contribution in [0.25, 0.3) is 0 Å². The molecule has 3 nitrogen and oxygen atoms in total. The molecular formula is C14H11Cl2FN2O. The number of amides is 1. The van der Waals surface area contributed by atoms with Crippen molar-refractivity contribution in [2.24, 2.45) is 5.73 Å². The highest BCUT2D eigenvalue weighted by Crippen LogP contribution is 2.31. The Kier molecular flexibility index (Phi) is 4.47. The van der Waals surface area contributed by atoms with E-state index in [-0.39, 0.29) is 10.0 Å². The first-order chi connectivity index (χ1) is 9.47. The van der Waals surface area contributed by atoms with Crippen molar-refractivity contribution < 1.29 is 9.18 Å². The van der Waals surface area contributed by atoms with Crippen LogP contribution in [0.3, 0.4) is 0 Å². The van der Waals surface area contributed by atoms with E-state index >= 15 is 0 Å². The molecule has 0 fully saturated rings. The molecule has 0 bridgehead atoms. The van der Waals surface area contributed by atoms with Crippen molar-refractivity contribution in [3.8, 4) is 0 Å². The highest BCUT2D eigenvalue weighted by molar-refractivity contribution is 6.39. The highest BCUT2D eigenvalue weighted by atomic mass is 35.5. The fourth-order valence-electron chi connectivity index (χ4n) is 1.69. The van der Waals surface area contributed by atoms with Gasteiger partial charge in [-0.15, -0.1) is 0 Å². The van der Waals surface area contributed by atoms with E-state index in [0.29, 0.717) is 17.8 Å². The van der Waals surface area contributed by atoms with Crippen LogP contribution in [0.15, 0.2) is 36.4 Å². The Labute approximate surface area is 125 Å². The molecule has 0 aliphatic rings. The number of nitrogens with two attached hydrogens (primary N) is 1. The van der Waals surface area contributed by atoms with Crippen LogP contribution >= 0.6 is 23.2 Å². The molecule has 6 heteroatoms. The second-order valence-corrected chi connectivity index (χ2v) is 4.97. The molecule has 0 aromatic heterocycles. The van der Waals surface area contributed by atoms with E-state index in [2.05, 4.69) is 5.32 Å². The summed E-state index contributed by atoms with van der Waals surface area (Å²) in [7, 11) is 0. The van der Waals surface area contributed by atoms with Crippen molar-refractivity contribution in [2.75, 3.05) is 5.32 Å². The van der Waals surface area contributed by atoms with Gasteiger partial charge in [0, 0.05) is 12.1 Å². The Bertz CT molecular complexity index is 621. The number of carbonyl (C=O) groups excluding carboxylic acids is 1. The van der Waals surface area contributed by atoms with Crippen molar-refractivity contribution in [2.45, 2.75) is 6.54 Å². The Balaban J connectivity index is 2.11. The summed E-state index contributed by atoms with van der Waals surface area (Å²) in [6.45, 7) is 0.435. The summed E-state index contributed by atoms with van der Waals surface area (Å²) in [5.74, 6) is -0.967. The summed E-state index contributed by atoms with van der Waals surface area (Å²) in [6, 6.07) is 9.16. The topological polar surface area (TPSA) is 55.1 Å². The number of hydrogen-bond acceptors (Lipinski definition) is 2. The molecule has 0 radical (unpaired) electrons. The average Bonchev–Trinajstić information content (AvgIpc) is 2.38. The zero-order valence-electron chi connectivity index (χ0n) is 10.3. The molecule has 3 N–H and O–H groups in total. The van der Waals surface area contributed by atoms with Gasteiger partial charge in [0.05, 0.1) is 15.7 Å². The SMILES string of the molecule is NC(=O)c1ccc(CNc2c(Cl)cc(F)cc2Cl)cc1. The summed E-state index contributed by atoms with van der Waals surface area (Å²) in [5, 5.41) is 3.45. The van der Waals surface area contributed by atoms with E-state index in [1.807, 2.05) is 0 Å². The molecule has 0 saturated heterocycles. The third-order valence-corrected chi connectivity index (χ3v) is 3.31. The molecule has 0 heterocycles. The first-order valence-electron chi connectivity index (χ1n) is 5.74. The van der Waals surface area contributed by atoms with E-state index in [0.717, 1.165) is 5.56 Å². The number of anilines is 1. The lowest BCUT2D eigenvalue weighted by molar-refractivity contribution is 0.100. The van der Waals surface area contributed by atoms with E-state index in [1.54, 1.807) is 24.3 Å². The van der Waals surface area contributed by atoms with Crippen molar-refractivity contribution in [3.63, 3.8) is 0 Å². The lowest BCUT2D eigenvalue weighted by atomic mass is 10.1. The van der Waals surface area contributed by atoms with Crippen LogP contribution in [0.4, 0.5) is 10.1 Å². The quantitative estimate of drug-likeness (QED) is 0.901. The van der Waals surface area contributed by atoms with E-state index in [1.165, 1.54) is 12.1 Å². The molecule has 0 aliphatic carbocycles. The maximum atomic E-state index is 13.1. The van der Waals surface area contributed by atoms with Gasteiger partial charge in [0.25, 0.3) is 0 Å². The average molecular weight is 313 g/mol. The van der Waals surface area contributed by atoms with Crippen LogP contribution in [0.5, 0.6) is 0 Å². The molecule has 0 aliphatic heterocycles. The van der Waals surface area contributed by atoms with Gasteiger partial charge in [0.1, 0.15) is 5.82 Å². The number of nitrogens with one attached hydrogen (secondary N) is 1. The predicted octanol–water partition coefficient (Wildman–Crippen LogP) is 3.84. The van der Waals surface area contributed by atoms with Gasteiger partial charge in [-0.3, -0.25) is 4.79 Å². The van der Waals surface area contributed by atoms with Crippen molar-refractivity contribution in [1.82, 2.24) is 0 Å². The maximum absolute atomic E-state index is 13.1. The summed E-state index contributed by atoms with van der Waals surface area (Å²) in [5.41, 5.74) is 6.97. The number of primary amides is 1. The largest absolute Gasteiger partial charge is 0.379 e. The minimum atomic E-state index is -0.489. The van der Waals surface area contributed by atoms with Crippen molar-refractivity contribution >= 4 is 34.8 Å². The number of benzene rings is 2. The Morgan fingerprint density at radius 2 is 1.70 bits per heavy atom. The normalized spacial score (nSPS) is 10.3. The minimum Gasteiger partial charge on any atom is -0.379 e. The van der Waals surface area contributed by atoms with Crippen LogP contribution < -0.4 is 11.1 Å². The summed E-state index contributed by atoms with van der Waals surface area (Å²) >= 11 is 11.8. The number of carbonyl (C=O) groups is 1. The zero-order valence-corrected chi connectivity index (χ0v) is 11.8. The molecule has 0 spiro atoms. The van der Waals surface area contributed by atoms with Crippen molar-refractivity contribution in [1.29, 1.82) is 0 Å².